The van der Waals surface area contributed by atoms with Crippen LogP contribution in [0.15, 0.2) is 42.5 Å². The maximum absolute atomic E-state index is 13.3. The molecule has 1 aliphatic rings. The van der Waals surface area contributed by atoms with Gasteiger partial charge in [-0.2, -0.15) is 11.8 Å². The van der Waals surface area contributed by atoms with Gasteiger partial charge in [-0.25, -0.2) is 4.79 Å². The first-order chi connectivity index (χ1) is 17.9. The Kier molecular flexibility index (Phi) is 14.6. The van der Waals surface area contributed by atoms with Crippen molar-refractivity contribution in [2.75, 3.05) is 25.7 Å². The van der Waals surface area contributed by atoms with Crippen LogP contribution >= 0.6 is 11.8 Å². The third-order valence-electron chi connectivity index (χ3n) is 7.14. The molecule has 1 amide bonds. The number of carbonyl (C=O) groups excluding carboxylic acids is 1. The predicted octanol–water partition coefficient (Wildman–Crippen LogP) is 3.22. The van der Waals surface area contributed by atoms with Crippen molar-refractivity contribution in [1.82, 2.24) is 5.32 Å². The van der Waals surface area contributed by atoms with Crippen molar-refractivity contribution in [3.63, 3.8) is 0 Å². The number of thioether (sulfide) groups is 1. The van der Waals surface area contributed by atoms with E-state index in [-0.39, 0.29) is 32.3 Å². The van der Waals surface area contributed by atoms with Crippen LogP contribution < -0.4 is 24.2 Å². The zero-order valence-corrected chi connectivity index (χ0v) is 24.1. The first-order valence-electron chi connectivity index (χ1n) is 13.2. The van der Waals surface area contributed by atoms with Gasteiger partial charge in [0.25, 0.3) is 5.91 Å². The quantitative estimate of drug-likeness (QED) is 0.362. The number of aryl methyl sites for hydroxylation is 1. The molecule has 204 valence electrons. The van der Waals surface area contributed by atoms with E-state index in [1.165, 1.54) is 32.1 Å². The SMILES string of the molecule is COCC(CC1CCCCC1)OCc1ccc(C(=O)NC(CCSC)C(=O)O)c(-c2ccccc2C)c1.[H-].[Li+]. The fourth-order valence-corrected chi connectivity index (χ4v) is 5.56. The van der Waals surface area contributed by atoms with Crippen LogP contribution in [0.2, 0.25) is 0 Å². The summed E-state index contributed by atoms with van der Waals surface area (Å²) in [7, 11) is 1.71. The number of hydrogen-bond acceptors (Lipinski definition) is 5. The minimum atomic E-state index is -1.02. The third-order valence-corrected chi connectivity index (χ3v) is 7.78. The number of methoxy groups -OCH3 is 1. The number of carboxylic acid groups (broad SMARTS) is 1. The van der Waals surface area contributed by atoms with Crippen LogP contribution in [0, 0.1) is 12.8 Å². The van der Waals surface area contributed by atoms with E-state index in [2.05, 4.69) is 5.32 Å². The van der Waals surface area contributed by atoms with Gasteiger partial charge < -0.3 is 21.3 Å². The first kappa shape index (κ1) is 32.5. The number of carboxylic acids is 1. The van der Waals surface area contributed by atoms with E-state index in [1.807, 2.05) is 49.6 Å². The van der Waals surface area contributed by atoms with Crippen molar-refractivity contribution in [2.24, 2.45) is 5.92 Å². The molecule has 0 saturated heterocycles. The van der Waals surface area contributed by atoms with Crippen LogP contribution in [-0.4, -0.2) is 54.9 Å². The van der Waals surface area contributed by atoms with Gasteiger partial charge in [-0.05, 0) is 72.1 Å². The number of rotatable bonds is 14. The van der Waals surface area contributed by atoms with E-state index in [0.29, 0.717) is 36.9 Å². The fraction of sp³-hybridized carbons (Fsp3) is 0.533. The molecule has 0 aliphatic heterocycles. The normalized spacial score (nSPS) is 15.3. The Morgan fingerprint density at radius 2 is 1.87 bits per heavy atom. The molecule has 1 saturated carbocycles. The number of aliphatic carboxylic acids is 1. The van der Waals surface area contributed by atoms with E-state index in [1.54, 1.807) is 24.9 Å². The average Bonchev–Trinajstić information content (AvgIpc) is 2.90. The summed E-state index contributed by atoms with van der Waals surface area (Å²) in [6.45, 7) is 3.00. The largest absolute Gasteiger partial charge is 1.00 e. The molecule has 8 heteroatoms. The summed E-state index contributed by atoms with van der Waals surface area (Å²) < 4.78 is 11.8. The molecule has 1 aliphatic carbocycles. The second-order valence-corrected chi connectivity index (χ2v) is 11.0. The Bertz CT molecular complexity index is 1030. The minimum absolute atomic E-state index is 0. The Balaban J connectivity index is 0.00000380. The first-order valence-corrected chi connectivity index (χ1v) is 14.6. The number of benzene rings is 2. The average molecular weight is 536 g/mol. The third kappa shape index (κ3) is 9.77. The van der Waals surface area contributed by atoms with Crippen LogP contribution in [0.4, 0.5) is 0 Å². The van der Waals surface area contributed by atoms with Gasteiger partial charge in [0.05, 0.1) is 19.3 Å². The summed E-state index contributed by atoms with van der Waals surface area (Å²) in [5, 5.41) is 12.3. The maximum atomic E-state index is 13.3. The van der Waals surface area contributed by atoms with Crippen molar-refractivity contribution in [1.29, 1.82) is 0 Å². The number of amides is 1. The van der Waals surface area contributed by atoms with Gasteiger partial charge in [-0.3, -0.25) is 4.79 Å². The van der Waals surface area contributed by atoms with E-state index in [0.717, 1.165) is 28.7 Å². The van der Waals surface area contributed by atoms with Crippen LogP contribution in [0.5, 0.6) is 0 Å². The van der Waals surface area contributed by atoms with Crippen LogP contribution in [0.3, 0.4) is 0 Å². The van der Waals surface area contributed by atoms with E-state index < -0.39 is 12.0 Å². The van der Waals surface area contributed by atoms with Gasteiger partial charge in [-0.15, -0.1) is 0 Å². The Morgan fingerprint density at radius 1 is 1.13 bits per heavy atom. The molecule has 0 radical (unpaired) electrons. The molecule has 2 aromatic rings. The van der Waals surface area contributed by atoms with Gasteiger partial charge in [-0.1, -0.05) is 62.4 Å². The molecule has 0 bridgehead atoms. The second kappa shape index (κ2) is 17.0. The molecule has 2 N–H and O–H groups in total. The Labute approximate surface area is 245 Å². The Morgan fingerprint density at radius 3 is 2.53 bits per heavy atom. The van der Waals surface area contributed by atoms with Gasteiger partial charge in [0.2, 0.25) is 0 Å². The van der Waals surface area contributed by atoms with Gasteiger partial charge in [0.15, 0.2) is 0 Å². The molecule has 3 rings (SSSR count). The van der Waals surface area contributed by atoms with Gasteiger partial charge >= 0.3 is 24.8 Å². The zero-order valence-electron chi connectivity index (χ0n) is 24.3. The fourth-order valence-electron chi connectivity index (χ4n) is 5.08. The number of nitrogens with one attached hydrogen (secondary N) is 1. The number of hydrogen-bond donors (Lipinski definition) is 2. The summed E-state index contributed by atoms with van der Waals surface area (Å²) in [6.07, 6.45) is 9.79. The van der Waals surface area contributed by atoms with Crippen molar-refractivity contribution in [3.8, 4) is 11.1 Å². The smallest absolute Gasteiger partial charge is 1.00 e. The Hall–Kier alpha value is -1.75. The summed E-state index contributed by atoms with van der Waals surface area (Å²) in [4.78, 5) is 25.0. The minimum Gasteiger partial charge on any atom is -1.00 e. The molecule has 38 heavy (non-hydrogen) atoms. The monoisotopic (exact) mass is 535 g/mol. The zero-order chi connectivity index (χ0) is 26.6. The molecular formula is C30H42LiNO5S. The predicted molar refractivity (Wildman–Crippen MR) is 151 cm³/mol. The van der Waals surface area contributed by atoms with E-state index >= 15 is 0 Å². The maximum Gasteiger partial charge on any atom is 1.00 e. The second-order valence-electron chi connectivity index (χ2n) is 9.97. The number of carbonyl (C=O) groups is 2. The van der Waals surface area contributed by atoms with Crippen molar-refractivity contribution in [2.45, 2.75) is 70.6 Å². The van der Waals surface area contributed by atoms with Crippen LogP contribution in [0.1, 0.15) is 67.9 Å². The van der Waals surface area contributed by atoms with Crippen molar-refractivity contribution < 1.29 is 44.5 Å². The van der Waals surface area contributed by atoms with Crippen molar-refractivity contribution >= 4 is 23.6 Å². The summed E-state index contributed by atoms with van der Waals surface area (Å²) >= 11 is 1.56. The molecule has 0 spiro atoms. The summed E-state index contributed by atoms with van der Waals surface area (Å²) in [5.74, 6) is -0.0571. The molecule has 0 aromatic heterocycles. The molecule has 6 nitrogen and oxygen atoms in total. The van der Waals surface area contributed by atoms with Crippen LogP contribution in [-0.2, 0) is 20.9 Å². The molecule has 1 fully saturated rings. The van der Waals surface area contributed by atoms with E-state index in [4.69, 9.17) is 9.47 Å². The molecule has 2 unspecified atom stereocenters. The molecule has 0 heterocycles. The van der Waals surface area contributed by atoms with Crippen LogP contribution in [0.25, 0.3) is 11.1 Å². The van der Waals surface area contributed by atoms with E-state index in [9.17, 15) is 14.7 Å². The molecule has 2 aromatic carbocycles. The standard InChI is InChI=1S/C30H41NO5S.Li.H/c1-21-9-7-8-12-25(21)27-18-23(19-36-24(20-35-2)17-22-10-5-4-6-11-22)13-14-26(27)29(32)31-28(30(33)34)15-16-37-3;;/h7-9,12-14,18,22,24,28H,4-6,10-11,15-17,19-20H2,1-3H3,(H,31,32)(H,33,34);;/q;+1;-1. The van der Waals surface area contributed by atoms with Crippen molar-refractivity contribution in [3.05, 3.63) is 59.2 Å². The molecule has 2 atom stereocenters. The topological polar surface area (TPSA) is 84.9 Å². The van der Waals surface area contributed by atoms with Gasteiger partial charge in [0, 0.05) is 12.7 Å². The van der Waals surface area contributed by atoms with Gasteiger partial charge in [0.1, 0.15) is 6.04 Å². The summed E-state index contributed by atoms with van der Waals surface area (Å²) in [6, 6.07) is 12.7. The number of ether oxygens (including phenoxy) is 2. The molecular weight excluding hydrogens is 493 g/mol. The summed E-state index contributed by atoms with van der Waals surface area (Å²) in [5.41, 5.74) is 4.20.